The number of morpholine rings is 1. The number of guanidine groups is 1. The van der Waals surface area contributed by atoms with Gasteiger partial charge in [-0.05, 0) is 46.2 Å². The Morgan fingerprint density at radius 3 is 2.63 bits per heavy atom. The quantitative estimate of drug-likeness (QED) is 0.326. The molecule has 1 aliphatic heterocycles. The van der Waals surface area contributed by atoms with Gasteiger partial charge in [-0.2, -0.15) is 0 Å². The van der Waals surface area contributed by atoms with E-state index in [1.54, 1.807) is 0 Å². The molecular formula is C23H40N4O3. The number of nitrogens with one attached hydrogen (secondary N) is 2. The smallest absolute Gasteiger partial charge is 0.191 e. The first-order valence-electron chi connectivity index (χ1n) is 11.1. The minimum absolute atomic E-state index is 0.0252. The molecule has 0 amide bonds. The second-order valence-electron chi connectivity index (χ2n) is 8.12. The van der Waals surface area contributed by atoms with E-state index in [4.69, 9.17) is 19.2 Å². The van der Waals surface area contributed by atoms with Gasteiger partial charge in [0.15, 0.2) is 5.96 Å². The molecule has 2 rings (SSSR count). The largest absolute Gasteiger partial charge is 0.491 e. The van der Waals surface area contributed by atoms with E-state index in [1.807, 2.05) is 6.92 Å². The van der Waals surface area contributed by atoms with Crippen molar-refractivity contribution in [1.29, 1.82) is 0 Å². The number of aryl methyl sites for hydroxylation is 1. The average molecular weight is 421 g/mol. The molecule has 30 heavy (non-hydrogen) atoms. The Bertz CT molecular complexity index is 658. The Morgan fingerprint density at radius 1 is 1.17 bits per heavy atom. The molecule has 0 unspecified atom stereocenters. The summed E-state index contributed by atoms with van der Waals surface area (Å²) in [6, 6.07) is 6.26. The lowest BCUT2D eigenvalue weighted by molar-refractivity contribution is -0.00834. The lowest BCUT2D eigenvalue weighted by Crippen LogP contribution is -2.56. The van der Waals surface area contributed by atoms with Crippen LogP contribution in [0.15, 0.2) is 23.2 Å². The van der Waals surface area contributed by atoms with Crippen LogP contribution in [0.3, 0.4) is 0 Å². The van der Waals surface area contributed by atoms with Crippen molar-refractivity contribution in [3.05, 3.63) is 29.3 Å². The Kier molecular flexibility index (Phi) is 10.4. The van der Waals surface area contributed by atoms with Gasteiger partial charge in [0.2, 0.25) is 0 Å². The third-order valence-electron chi connectivity index (χ3n) is 5.22. The molecule has 0 bridgehead atoms. The second kappa shape index (κ2) is 12.8. The summed E-state index contributed by atoms with van der Waals surface area (Å²) in [6.45, 7) is 18.2. The molecule has 0 radical (unpaired) electrons. The Morgan fingerprint density at radius 2 is 1.93 bits per heavy atom. The number of rotatable bonds is 11. The predicted octanol–water partition coefficient (Wildman–Crippen LogP) is 2.58. The average Bonchev–Trinajstić information content (AvgIpc) is 2.75. The molecule has 1 heterocycles. The Labute approximate surface area is 182 Å². The van der Waals surface area contributed by atoms with Crippen molar-refractivity contribution in [3.63, 3.8) is 0 Å². The summed E-state index contributed by atoms with van der Waals surface area (Å²) >= 11 is 0. The maximum atomic E-state index is 5.95. The van der Waals surface area contributed by atoms with Crippen LogP contribution in [0.2, 0.25) is 0 Å². The minimum atomic E-state index is 0.0252. The lowest BCUT2D eigenvalue weighted by Gasteiger charge is -2.41. The third kappa shape index (κ3) is 8.13. The molecule has 7 heteroatoms. The maximum Gasteiger partial charge on any atom is 0.191 e. The number of hydrogen-bond donors (Lipinski definition) is 2. The van der Waals surface area contributed by atoms with Gasteiger partial charge in [0.1, 0.15) is 12.4 Å². The number of ether oxygens (including phenoxy) is 3. The summed E-state index contributed by atoms with van der Waals surface area (Å²) < 4.78 is 16.8. The van der Waals surface area contributed by atoms with Crippen molar-refractivity contribution in [2.24, 2.45) is 4.99 Å². The van der Waals surface area contributed by atoms with E-state index < -0.39 is 0 Å². The van der Waals surface area contributed by atoms with Crippen LogP contribution in [0.1, 0.15) is 38.8 Å². The monoisotopic (exact) mass is 420 g/mol. The van der Waals surface area contributed by atoms with Gasteiger partial charge in [-0.15, -0.1) is 0 Å². The number of benzene rings is 1. The first-order valence-corrected chi connectivity index (χ1v) is 11.1. The van der Waals surface area contributed by atoms with E-state index in [1.165, 1.54) is 5.56 Å². The fourth-order valence-electron chi connectivity index (χ4n) is 3.37. The van der Waals surface area contributed by atoms with E-state index >= 15 is 0 Å². The summed E-state index contributed by atoms with van der Waals surface area (Å²) in [5.74, 6) is 1.70. The molecule has 1 saturated heterocycles. The highest BCUT2D eigenvalue weighted by molar-refractivity contribution is 5.79. The van der Waals surface area contributed by atoms with Gasteiger partial charge in [0.25, 0.3) is 0 Å². The van der Waals surface area contributed by atoms with E-state index in [-0.39, 0.29) is 5.54 Å². The van der Waals surface area contributed by atoms with Crippen molar-refractivity contribution in [2.45, 2.75) is 46.7 Å². The van der Waals surface area contributed by atoms with Gasteiger partial charge in [0, 0.05) is 43.9 Å². The predicted molar refractivity (Wildman–Crippen MR) is 122 cm³/mol. The van der Waals surface area contributed by atoms with E-state index in [0.717, 1.165) is 56.7 Å². The van der Waals surface area contributed by atoms with E-state index in [2.05, 4.69) is 61.4 Å². The van der Waals surface area contributed by atoms with Gasteiger partial charge < -0.3 is 24.8 Å². The van der Waals surface area contributed by atoms with Gasteiger partial charge in [-0.1, -0.05) is 12.1 Å². The molecule has 0 spiro atoms. The van der Waals surface area contributed by atoms with Crippen molar-refractivity contribution in [1.82, 2.24) is 15.5 Å². The summed E-state index contributed by atoms with van der Waals surface area (Å²) in [5.41, 5.74) is 2.27. The maximum absolute atomic E-state index is 5.95. The minimum Gasteiger partial charge on any atom is -0.491 e. The topological polar surface area (TPSA) is 67.4 Å². The molecule has 1 fully saturated rings. The first kappa shape index (κ1) is 24.4. The molecule has 2 N–H and O–H groups in total. The van der Waals surface area contributed by atoms with Crippen LogP contribution in [0.4, 0.5) is 0 Å². The van der Waals surface area contributed by atoms with Crippen LogP contribution >= 0.6 is 0 Å². The van der Waals surface area contributed by atoms with Crippen molar-refractivity contribution in [3.8, 4) is 5.75 Å². The van der Waals surface area contributed by atoms with Crippen molar-refractivity contribution in [2.75, 3.05) is 59.2 Å². The molecule has 170 valence electrons. The fourth-order valence-corrected chi connectivity index (χ4v) is 3.37. The highest BCUT2D eigenvalue weighted by Crippen LogP contribution is 2.21. The lowest BCUT2D eigenvalue weighted by atomic mass is 10.0. The zero-order chi connectivity index (χ0) is 21.8. The van der Waals surface area contributed by atoms with Gasteiger partial charge in [-0.25, -0.2) is 4.99 Å². The number of nitrogens with zero attached hydrogens (tertiary/aromatic N) is 2. The molecule has 0 atom stereocenters. The van der Waals surface area contributed by atoms with Crippen LogP contribution in [-0.2, 0) is 16.0 Å². The van der Waals surface area contributed by atoms with Gasteiger partial charge in [-0.3, -0.25) is 4.90 Å². The molecule has 1 aliphatic rings. The molecule has 0 saturated carbocycles. The van der Waals surface area contributed by atoms with Crippen LogP contribution in [0.25, 0.3) is 0 Å². The summed E-state index contributed by atoms with van der Waals surface area (Å²) in [7, 11) is 0. The molecule has 1 aromatic carbocycles. The van der Waals surface area contributed by atoms with Crippen LogP contribution in [0, 0.1) is 6.92 Å². The Balaban J connectivity index is 1.99. The third-order valence-corrected chi connectivity index (χ3v) is 5.22. The number of hydrogen-bond acceptors (Lipinski definition) is 5. The van der Waals surface area contributed by atoms with E-state index in [0.29, 0.717) is 26.4 Å². The molecule has 7 nitrogen and oxygen atoms in total. The molecule has 0 aliphatic carbocycles. The summed E-state index contributed by atoms with van der Waals surface area (Å²) in [4.78, 5) is 7.28. The molecule has 0 aromatic heterocycles. The zero-order valence-corrected chi connectivity index (χ0v) is 19.4. The molecule has 1 aromatic rings. The zero-order valence-electron chi connectivity index (χ0n) is 19.4. The standard InChI is InChI=1S/C23H40N4O3/c1-6-24-22(26-18-23(4,5)27-10-12-29-13-11-27)25-17-20-9-8-19(3)16-21(20)30-15-14-28-7-2/h8-9,16H,6-7,10-15,17-18H2,1-5H3,(H2,24,25,26). The van der Waals surface area contributed by atoms with Crippen molar-refractivity contribution >= 4 is 5.96 Å². The van der Waals surface area contributed by atoms with Crippen LogP contribution in [0.5, 0.6) is 5.75 Å². The summed E-state index contributed by atoms with van der Waals surface area (Å²) in [6.07, 6.45) is 0. The highest BCUT2D eigenvalue weighted by Gasteiger charge is 2.28. The SMILES string of the molecule is CCNC(=NCc1ccc(C)cc1OCCOCC)NCC(C)(C)N1CCOCC1. The van der Waals surface area contributed by atoms with E-state index in [9.17, 15) is 0 Å². The first-order chi connectivity index (χ1) is 14.5. The Hall–Kier alpha value is -1.83. The van der Waals surface area contributed by atoms with Crippen molar-refractivity contribution < 1.29 is 14.2 Å². The number of aliphatic imine (C=N–C) groups is 1. The highest BCUT2D eigenvalue weighted by atomic mass is 16.5. The fraction of sp³-hybridized carbons (Fsp3) is 0.696. The summed E-state index contributed by atoms with van der Waals surface area (Å²) in [5, 5.41) is 6.87. The van der Waals surface area contributed by atoms with Gasteiger partial charge in [0.05, 0.1) is 26.4 Å². The molecular weight excluding hydrogens is 380 g/mol. The van der Waals surface area contributed by atoms with Crippen LogP contribution < -0.4 is 15.4 Å². The second-order valence-corrected chi connectivity index (χ2v) is 8.12. The van der Waals surface area contributed by atoms with Crippen LogP contribution in [-0.4, -0.2) is 75.6 Å². The normalized spacial score (nSPS) is 15.8. The van der Waals surface area contributed by atoms with Gasteiger partial charge >= 0.3 is 0 Å².